The molecule has 0 aromatic carbocycles. The summed E-state index contributed by atoms with van der Waals surface area (Å²) >= 11 is 2.08. The van der Waals surface area contributed by atoms with Gasteiger partial charge in [0.25, 0.3) is 0 Å². The van der Waals surface area contributed by atoms with Gasteiger partial charge in [0.2, 0.25) is 0 Å². The average molecular weight is 269 g/mol. The smallest absolute Gasteiger partial charge is 0.0366 e. The molecule has 3 rings (SSSR count). The second kappa shape index (κ2) is 5.31. The molecular weight excluding hydrogens is 242 g/mol. The van der Waals surface area contributed by atoms with Gasteiger partial charge in [0.15, 0.2) is 0 Å². The van der Waals surface area contributed by atoms with Crippen LogP contribution in [0.25, 0.3) is 0 Å². The first-order valence-electron chi connectivity index (χ1n) is 7.52. The van der Waals surface area contributed by atoms with Crippen LogP contribution < -0.4 is 5.73 Å². The number of hydrogen-bond acceptors (Lipinski definition) is 4. The maximum absolute atomic E-state index is 6.14. The van der Waals surface area contributed by atoms with Crippen LogP contribution in [-0.4, -0.2) is 65.6 Å². The molecule has 2 atom stereocenters. The zero-order chi connectivity index (χ0) is 12.6. The van der Waals surface area contributed by atoms with Gasteiger partial charge in [-0.25, -0.2) is 0 Å². The average Bonchev–Trinajstić information content (AvgIpc) is 2.80. The fourth-order valence-electron chi connectivity index (χ4n) is 4.19. The highest BCUT2D eigenvalue weighted by Gasteiger charge is 2.47. The second-order valence-electron chi connectivity index (χ2n) is 6.20. The van der Waals surface area contributed by atoms with E-state index in [2.05, 4.69) is 27.8 Å². The third-order valence-electron chi connectivity index (χ3n) is 5.50. The van der Waals surface area contributed by atoms with E-state index < -0.39 is 0 Å². The quantitative estimate of drug-likeness (QED) is 0.836. The van der Waals surface area contributed by atoms with Crippen molar-refractivity contribution in [2.45, 2.75) is 48.9 Å². The molecule has 0 amide bonds. The van der Waals surface area contributed by atoms with Gasteiger partial charge in [-0.1, -0.05) is 6.42 Å². The van der Waals surface area contributed by atoms with E-state index in [9.17, 15) is 0 Å². The SMILES string of the molecule is CSC1(C(CN)N2CCN3CCCC3C2)CCC1. The summed E-state index contributed by atoms with van der Waals surface area (Å²) in [5.74, 6) is 0. The van der Waals surface area contributed by atoms with E-state index in [1.807, 2.05) is 0 Å². The second-order valence-corrected chi connectivity index (χ2v) is 7.42. The van der Waals surface area contributed by atoms with Crippen molar-refractivity contribution in [3.8, 4) is 0 Å². The van der Waals surface area contributed by atoms with E-state index in [0.29, 0.717) is 10.8 Å². The molecule has 0 aromatic heterocycles. The molecule has 1 aliphatic carbocycles. The Hall–Kier alpha value is 0.230. The molecule has 2 N–H and O–H groups in total. The largest absolute Gasteiger partial charge is 0.329 e. The van der Waals surface area contributed by atoms with E-state index in [-0.39, 0.29) is 0 Å². The topological polar surface area (TPSA) is 32.5 Å². The number of nitrogens with zero attached hydrogens (tertiary/aromatic N) is 2. The molecule has 18 heavy (non-hydrogen) atoms. The molecule has 3 fully saturated rings. The van der Waals surface area contributed by atoms with Gasteiger partial charge in [0, 0.05) is 43.0 Å². The third kappa shape index (κ3) is 2.11. The van der Waals surface area contributed by atoms with Crippen LogP contribution in [0.1, 0.15) is 32.1 Å². The van der Waals surface area contributed by atoms with Gasteiger partial charge in [-0.2, -0.15) is 11.8 Å². The highest BCUT2D eigenvalue weighted by atomic mass is 32.2. The summed E-state index contributed by atoms with van der Waals surface area (Å²) in [5.41, 5.74) is 6.14. The van der Waals surface area contributed by atoms with Crippen molar-refractivity contribution < 1.29 is 0 Å². The minimum atomic E-state index is 0.482. The van der Waals surface area contributed by atoms with E-state index in [4.69, 9.17) is 5.73 Å². The summed E-state index contributed by atoms with van der Waals surface area (Å²) in [6, 6.07) is 1.44. The minimum Gasteiger partial charge on any atom is -0.329 e. The van der Waals surface area contributed by atoms with E-state index in [1.165, 1.54) is 58.3 Å². The zero-order valence-corrected chi connectivity index (χ0v) is 12.4. The maximum Gasteiger partial charge on any atom is 0.0366 e. The molecule has 2 heterocycles. The molecule has 2 saturated heterocycles. The summed E-state index contributed by atoms with van der Waals surface area (Å²) in [5, 5.41) is 0. The summed E-state index contributed by atoms with van der Waals surface area (Å²) < 4.78 is 0.482. The molecule has 4 heteroatoms. The summed E-state index contributed by atoms with van der Waals surface area (Å²) in [6.07, 6.45) is 9.25. The monoisotopic (exact) mass is 269 g/mol. The lowest BCUT2D eigenvalue weighted by Gasteiger charge is -2.53. The first-order chi connectivity index (χ1) is 8.79. The fraction of sp³-hybridized carbons (Fsp3) is 1.00. The maximum atomic E-state index is 6.14. The van der Waals surface area contributed by atoms with Crippen LogP contribution in [0.2, 0.25) is 0 Å². The molecule has 2 unspecified atom stereocenters. The Bertz CT molecular complexity index is 287. The molecule has 2 aliphatic heterocycles. The Balaban J connectivity index is 1.68. The van der Waals surface area contributed by atoms with Gasteiger partial charge in [0.1, 0.15) is 0 Å². The van der Waals surface area contributed by atoms with Gasteiger partial charge in [0.05, 0.1) is 0 Å². The minimum absolute atomic E-state index is 0.482. The summed E-state index contributed by atoms with van der Waals surface area (Å²) in [4.78, 5) is 5.42. The zero-order valence-electron chi connectivity index (χ0n) is 11.6. The lowest BCUT2D eigenvalue weighted by Crippen LogP contribution is -2.63. The van der Waals surface area contributed by atoms with Crippen molar-refractivity contribution in [3.05, 3.63) is 0 Å². The molecule has 0 spiro atoms. The highest BCUT2D eigenvalue weighted by Crippen LogP contribution is 2.47. The first-order valence-corrected chi connectivity index (χ1v) is 8.75. The van der Waals surface area contributed by atoms with Crippen molar-refractivity contribution in [1.29, 1.82) is 0 Å². The summed E-state index contributed by atoms with van der Waals surface area (Å²) in [7, 11) is 0. The highest BCUT2D eigenvalue weighted by molar-refractivity contribution is 8.00. The fourth-order valence-corrected chi connectivity index (χ4v) is 5.41. The van der Waals surface area contributed by atoms with Crippen LogP contribution >= 0.6 is 11.8 Å². The van der Waals surface area contributed by atoms with Crippen LogP contribution in [0.15, 0.2) is 0 Å². The van der Waals surface area contributed by atoms with Crippen molar-refractivity contribution >= 4 is 11.8 Å². The number of nitrogens with two attached hydrogens (primary N) is 1. The summed E-state index contributed by atoms with van der Waals surface area (Å²) in [6.45, 7) is 5.95. The molecule has 0 aromatic rings. The number of fused-ring (bicyclic) bond motifs is 1. The van der Waals surface area contributed by atoms with Crippen molar-refractivity contribution in [3.63, 3.8) is 0 Å². The van der Waals surface area contributed by atoms with E-state index in [1.54, 1.807) is 0 Å². The standard InChI is InChI=1S/C14H27N3S/c1-18-14(5-3-6-14)13(10-15)17-9-8-16-7-2-4-12(16)11-17/h12-13H,2-11,15H2,1H3. The number of thioether (sulfide) groups is 1. The molecule has 3 aliphatic rings. The Kier molecular flexibility index (Phi) is 3.90. The van der Waals surface area contributed by atoms with Gasteiger partial charge >= 0.3 is 0 Å². The lowest BCUT2D eigenvalue weighted by molar-refractivity contribution is 0.0448. The van der Waals surface area contributed by atoms with Crippen LogP contribution in [0.4, 0.5) is 0 Å². The Morgan fingerprint density at radius 2 is 2.11 bits per heavy atom. The molecule has 1 saturated carbocycles. The van der Waals surface area contributed by atoms with Gasteiger partial charge in [-0.05, 0) is 38.5 Å². The molecule has 3 nitrogen and oxygen atoms in total. The van der Waals surface area contributed by atoms with Crippen molar-refractivity contribution in [1.82, 2.24) is 9.80 Å². The predicted octanol–water partition coefficient (Wildman–Crippen LogP) is 1.38. The Morgan fingerprint density at radius 1 is 1.28 bits per heavy atom. The molecule has 104 valence electrons. The van der Waals surface area contributed by atoms with Gasteiger partial charge in [-0.15, -0.1) is 0 Å². The number of rotatable bonds is 4. The normalized spacial score (nSPS) is 34.0. The number of hydrogen-bond donors (Lipinski definition) is 1. The van der Waals surface area contributed by atoms with E-state index >= 15 is 0 Å². The van der Waals surface area contributed by atoms with Crippen LogP contribution in [0.5, 0.6) is 0 Å². The van der Waals surface area contributed by atoms with Crippen molar-refractivity contribution in [2.75, 3.05) is 39.0 Å². The van der Waals surface area contributed by atoms with Crippen LogP contribution in [-0.2, 0) is 0 Å². The van der Waals surface area contributed by atoms with Gasteiger partial charge in [-0.3, -0.25) is 9.80 Å². The number of piperazine rings is 1. The van der Waals surface area contributed by atoms with Crippen molar-refractivity contribution in [2.24, 2.45) is 5.73 Å². The molecule has 0 radical (unpaired) electrons. The predicted molar refractivity (Wildman–Crippen MR) is 79.1 cm³/mol. The molecule has 0 bridgehead atoms. The lowest BCUT2D eigenvalue weighted by atomic mass is 9.77. The molecular formula is C14H27N3S. The van der Waals surface area contributed by atoms with E-state index in [0.717, 1.165) is 12.6 Å². The Labute approximate surface area is 115 Å². The first kappa shape index (κ1) is 13.2. The van der Waals surface area contributed by atoms with Gasteiger partial charge < -0.3 is 5.73 Å². The van der Waals surface area contributed by atoms with Crippen LogP contribution in [0, 0.1) is 0 Å². The third-order valence-corrected chi connectivity index (χ3v) is 6.99. The Morgan fingerprint density at radius 3 is 2.72 bits per heavy atom. The van der Waals surface area contributed by atoms with Crippen LogP contribution in [0.3, 0.4) is 0 Å².